The predicted octanol–water partition coefficient (Wildman–Crippen LogP) is 0.872. The third kappa shape index (κ3) is 7.76. The maximum absolute atomic E-state index is 12.7. The fourth-order valence-electron chi connectivity index (χ4n) is 3.86. The van der Waals surface area contributed by atoms with E-state index in [2.05, 4.69) is 15.6 Å². The summed E-state index contributed by atoms with van der Waals surface area (Å²) in [7, 11) is 3.03. The maximum Gasteiger partial charge on any atom is 0.338 e. The largest absolute Gasteiger partial charge is 0.460 e. The monoisotopic (exact) mass is 535 g/mol. The number of nitrogens with zero attached hydrogens (tertiary/aromatic N) is 1. The first-order chi connectivity index (χ1) is 17.7. The predicted molar refractivity (Wildman–Crippen MR) is 137 cm³/mol. The fraction of sp³-hybridized carbons (Fsp3) is 0.417. The van der Waals surface area contributed by atoms with E-state index in [-0.39, 0.29) is 41.5 Å². The van der Waals surface area contributed by atoms with Crippen LogP contribution in [0.3, 0.4) is 0 Å². The minimum atomic E-state index is -0.640. The van der Waals surface area contributed by atoms with Crippen LogP contribution in [0.4, 0.5) is 11.5 Å². The number of H-pyrrole nitrogens is 1. The second-order valence-corrected chi connectivity index (χ2v) is 8.81. The highest BCUT2D eigenvalue weighted by atomic mass is 35.5. The van der Waals surface area contributed by atoms with Gasteiger partial charge in [0.1, 0.15) is 18.0 Å². The number of amides is 2. The van der Waals surface area contributed by atoms with Gasteiger partial charge in [0.05, 0.1) is 35.9 Å². The van der Waals surface area contributed by atoms with Crippen molar-refractivity contribution in [3.8, 4) is 0 Å². The summed E-state index contributed by atoms with van der Waals surface area (Å²) in [5.41, 5.74) is 5.68. The van der Waals surface area contributed by atoms with Crippen molar-refractivity contribution < 1.29 is 28.6 Å². The lowest BCUT2D eigenvalue weighted by Crippen LogP contribution is -2.56. The van der Waals surface area contributed by atoms with Gasteiger partial charge in [0, 0.05) is 33.0 Å². The fourth-order valence-corrected chi connectivity index (χ4v) is 4.01. The molecule has 0 saturated carbocycles. The van der Waals surface area contributed by atoms with E-state index >= 15 is 0 Å². The molecule has 0 bridgehead atoms. The quantitative estimate of drug-likeness (QED) is 0.255. The Morgan fingerprint density at radius 3 is 2.59 bits per heavy atom. The zero-order valence-corrected chi connectivity index (χ0v) is 21.3. The Kier molecular flexibility index (Phi) is 10.0. The highest BCUT2D eigenvalue weighted by molar-refractivity contribution is 6.33. The van der Waals surface area contributed by atoms with Gasteiger partial charge in [0.15, 0.2) is 0 Å². The van der Waals surface area contributed by atoms with Crippen LogP contribution >= 0.6 is 11.6 Å². The van der Waals surface area contributed by atoms with Crippen LogP contribution in [0.1, 0.15) is 27.1 Å². The Hall–Kier alpha value is -3.45. The summed E-state index contributed by atoms with van der Waals surface area (Å²) in [6.07, 6.45) is 0.0927. The number of aromatic amines is 1. The zero-order chi connectivity index (χ0) is 26.9. The van der Waals surface area contributed by atoms with Crippen molar-refractivity contribution in [2.45, 2.75) is 18.6 Å². The first kappa shape index (κ1) is 28.1. The second-order valence-electron chi connectivity index (χ2n) is 8.41. The van der Waals surface area contributed by atoms with Crippen molar-refractivity contribution >= 4 is 40.9 Å². The standard InChI is InChI=1S/C24H30ClN5O7/c1-35-9-10-37-24(34)14-3-5-15(6-4-14)27-20(31)13-30-8-7-18(19(12-30)36-2)28-22(32)16-11-17(25)21(26)29-23(16)33/h3-6,11,18-19H,7-10,12-13H2,1-2H3,(H,27,31)(H,28,32)(H3,26,29,33)/t18-,19+/m0/s1. The number of carbonyl (C=O) groups excluding carboxylic acids is 3. The first-order valence-corrected chi connectivity index (χ1v) is 11.9. The van der Waals surface area contributed by atoms with Gasteiger partial charge in [-0.25, -0.2) is 4.79 Å². The molecular formula is C24H30ClN5O7. The van der Waals surface area contributed by atoms with Gasteiger partial charge >= 0.3 is 5.97 Å². The molecule has 3 rings (SSSR count). The molecule has 2 amide bonds. The molecule has 2 aromatic rings. The van der Waals surface area contributed by atoms with Crippen LogP contribution in [0.2, 0.25) is 5.02 Å². The number of benzene rings is 1. The van der Waals surface area contributed by atoms with Gasteiger partial charge in [-0.15, -0.1) is 0 Å². The van der Waals surface area contributed by atoms with Gasteiger partial charge in [-0.05, 0) is 36.8 Å². The average Bonchev–Trinajstić information content (AvgIpc) is 2.87. The molecule has 2 atom stereocenters. The number of ether oxygens (including phenoxy) is 3. The summed E-state index contributed by atoms with van der Waals surface area (Å²) in [4.78, 5) is 53.5. The molecule has 0 aliphatic carbocycles. The molecular weight excluding hydrogens is 506 g/mol. The lowest BCUT2D eigenvalue weighted by Gasteiger charge is -2.37. The van der Waals surface area contributed by atoms with E-state index in [0.29, 0.717) is 37.4 Å². The molecule has 200 valence electrons. The number of rotatable bonds is 10. The Balaban J connectivity index is 1.51. The summed E-state index contributed by atoms with van der Waals surface area (Å²) in [6.45, 7) is 1.48. The van der Waals surface area contributed by atoms with Crippen LogP contribution in [0.25, 0.3) is 0 Å². The van der Waals surface area contributed by atoms with E-state index in [0.717, 1.165) is 0 Å². The van der Waals surface area contributed by atoms with E-state index < -0.39 is 23.5 Å². The van der Waals surface area contributed by atoms with Crippen molar-refractivity contribution in [2.24, 2.45) is 0 Å². The van der Waals surface area contributed by atoms with Crippen molar-refractivity contribution in [1.82, 2.24) is 15.2 Å². The molecule has 1 aliphatic heterocycles. The summed E-state index contributed by atoms with van der Waals surface area (Å²) in [5, 5.41) is 5.68. The molecule has 1 aliphatic rings. The highest BCUT2D eigenvalue weighted by Gasteiger charge is 2.32. The number of likely N-dealkylation sites (tertiary alicyclic amines) is 1. The SMILES string of the molecule is COCCOC(=O)c1ccc(NC(=O)CN2CC[C@H](NC(=O)c3cc(Cl)c(N)[nH]c3=O)[C@H](OC)C2)cc1. The highest BCUT2D eigenvalue weighted by Crippen LogP contribution is 2.17. The number of hydrogen-bond donors (Lipinski definition) is 4. The number of anilines is 2. The van der Waals surface area contributed by atoms with Crippen LogP contribution in [-0.2, 0) is 19.0 Å². The van der Waals surface area contributed by atoms with E-state index in [1.807, 2.05) is 4.90 Å². The minimum Gasteiger partial charge on any atom is -0.460 e. The number of piperidine rings is 1. The van der Waals surface area contributed by atoms with Crippen LogP contribution < -0.4 is 21.9 Å². The third-order valence-corrected chi connectivity index (χ3v) is 6.13. The van der Waals surface area contributed by atoms with E-state index in [9.17, 15) is 19.2 Å². The Labute approximate surface area is 218 Å². The maximum atomic E-state index is 12.7. The minimum absolute atomic E-state index is 0.0130. The van der Waals surface area contributed by atoms with Gasteiger partial charge in [-0.3, -0.25) is 19.3 Å². The van der Waals surface area contributed by atoms with Gasteiger partial charge < -0.3 is 35.6 Å². The smallest absolute Gasteiger partial charge is 0.338 e. The number of aromatic nitrogens is 1. The molecule has 0 unspecified atom stereocenters. The number of nitrogens with one attached hydrogen (secondary N) is 3. The summed E-state index contributed by atoms with van der Waals surface area (Å²) in [5.74, 6) is -1.32. The molecule has 1 fully saturated rings. The molecule has 1 aromatic heterocycles. The first-order valence-electron chi connectivity index (χ1n) is 11.5. The lowest BCUT2D eigenvalue weighted by molar-refractivity contribution is -0.118. The molecule has 1 saturated heterocycles. The Morgan fingerprint density at radius 2 is 1.92 bits per heavy atom. The summed E-state index contributed by atoms with van der Waals surface area (Å²) in [6, 6.07) is 7.23. The van der Waals surface area contributed by atoms with Gasteiger partial charge in [-0.2, -0.15) is 0 Å². The summed E-state index contributed by atoms with van der Waals surface area (Å²) < 4.78 is 15.4. The van der Waals surface area contributed by atoms with Crippen molar-refractivity contribution in [1.29, 1.82) is 0 Å². The third-order valence-electron chi connectivity index (χ3n) is 5.82. The van der Waals surface area contributed by atoms with Gasteiger partial charge in [0.2, 0.25) is 5.91 Å². The van der Waals surface area contributed by atoms with E-state index in [4.69, 9.17) is 31.5 Å². The van der Waals surface area contributed by atoms with Gasteiger partial charge in [0.25, 0.3) is 11.5 Å². The molecule has 0 radical (unpaired) electrons. The number of halogens is 1. The molecule has 13 heteroatoms. The molecule has 2 heterocycles. The topological polar surface area (TPSA) is 165 Å². The van der Waals surface area contributed by atoms with Crippen LogP contribution in [0, 0.1) is 0 Å². The van der Waals surface area contributed by atoms with Gasteiger partial charge in [-0.1, -0.05) is 11.6 Å². The number of carbonyl (C=O) groups is 3. The zero-order valence-electron chi connectivity index (χ0n) is 20.5. The average molecular weight is 536 g/mol. The van der Waals surface area contributed by atoms with Crippen LogP contribution in [-0.4, -0.2) is 86.9 Å². The normalized spacial score (nSPS) is 17.7. The van der Waals surface area contributed by atoms with Crippen molar-refractivity contribution in [2.75, 3.05) is 58.1 Å². The second kappa shape index (κ2) is 13.2. The molecule has 1 aromatic carbocycles. The number of hydrogen-bond acceptors (Lipinski definition) is 9. The van der Waals surface area contributed by atoms with Crippen molar-refractivity contribution in [3.05, 3.63) is 56.8 Å². The van der Waals surface area contributed by atoms with Crippen LogP contribution in [0.5, 0.6) is 0 Å². The van der Waals surface area contributed by atoms with Crippen molar-refractivity contribution in [3.63, 3.8) is 0 Å². The molecule has 37 heavy (non-hydrogen) atoms. The number of esters is 1. The molecule has 5 N–H and O–H groups in total. The Bertz CT molecular complexity index is 1170. The number of pyridine rings is 1. The summed E-state index contributed by atoms with van der Waals surface area (Å²) >= 11 is 5.93. The number of nitrogen functional groups attached to an aromatic ring is 1. The molecule has 12 nitrogen and oxygen atoms in total. The van der Waals surface area contributed by atoms with E-state index in [1.54, 1.807) is 24.3 Å². The Morgan fingerprint density at radius 1 is 1.19 bits per heavy atom. The number of nitrogens with two attached hydrogens (primary N) is 1. The number of methoxy groups -OCH3 is 2. The van der Waals surface area contributed by atoms with E-state index in [1.165, 1.54) is 20.3 Å². The van der Waals surface area contributed by atoms with Crippen LogP contribution in [0.15, 0.2) is 35.1 Å². The molecule has 0 spiro atoms. The lowest BCUT2D eigenvalue weighted by atomic mass is 10.0.